The van der Waals surface area contributed by atoms with Crippen LogP contribution in [0.2, 0.25) is 0 Å². The molecular weight excluding hydrogens is 418 g/mol. The number of hydrazine groups is 1. The number of hydrogen-bond acceptors (Lipinski definition) is 8. The summed E-state index contributed by atoms with van der Waals surface area (Å²) in [6.45, 7) is 1.86. The van der Waals surface area contributed by atoms with Gasteiger partial charge in [0, 0.05) is 44.4 Å². The Morgan fingerprint density at radius 2 is 2.24 bits per heavy atom. The summed E-state index contributed by atoms with van der Waals surface area (Å²) < 4.78 is 5.82. The third kappa shape index (κ3) is 3.99. The molecule has 3 unspecified atom stereocenters. The van der Waals surface area contributed by atoms with E-state index in [0.717, 1.165) is 48.3 Å². The van der Waals surface area contributed by atoms with Crippen LogP contribution in [0.25, 0.3) is 10.9 Å². The van der Waals surface area contributed by atoms with Gasteiger partial charge in [0.25, 0.3) is 0 Å². The highest BCUT2D eigenvalue weighted by Gasteiger charge is 2.54. The van der Waals surface area contributed by atoms with Crippen LogP contribution < -0.4 is 21.0 Å². The third-order valence-electron chi connectivity index (χ3n) is 7.10. The van der Waals surface area contributed by atoms with Crippen LogP contribution in [0.3, 0.4) is 0 Å². The summed E-state index contributed by atoms with van der Waals surface area (Å²) in [6.07, 6.45) is 2.71. The van der Waals surface area contributed by atoms with Crippen molar-refractivity contribution in [2.24, 2.45) is 5.92 Å². The maximum atomic E-state index is 13.0. The zero-order valence-electron chi connectivity index (χ0n) is 19.2. The summed E-state index contributed by atoms with van der Waals surface area (Å²) in [5.41, 5.74) is 5.02. The van der Waals surface area contributed by atoms with Crippen molar-refractivity contribution in [1.82, 2.24) is 20.7 Å². The molecule has 0 radical (unpaired) electrons. The van der Waals surface area contributed by atoms with Crippen LogP contribution in [0.15, 0.2) is 30.3 Å². The van der Waals surface area contributed by atoms with E-state index in [2.05, 4.69) is 39.3 Å². The Balaban J connectivity index is 1.43. The molecule has 0 aliphatic carbocycles. The maximum absolute atomic E-state index is 13.0. The fourth-order valence-electron chi connectivity index (χ4n) is 5.45. The van der Waals surface area contributed by atoms with E-state index in [1.165, 1.54) is 0 Å². The standard InChI is InChI=1S/C24H31N7O2/c1-30(2)20-7-4-16-14-17(5-6-18(16)28-20)27-22-21-19(8-12-26-23(21)32)31(29-22)24(10-11-25)9-3-13-33-15-24/h4-7,14,19,21-22,27,29H,3,8-10,12-13,15H2,1-2H3,(H,26,32)/t19?,21?,22?,24-/m0/s1. The number of nitrogens with zero attached hydrogens (tertiary/aromatic N) is 4. The number of pyridine rings is 1. The number of ether oxygens (including phenoxy) is 1. The second-order valence-corrected chi connectivity index (χ2v) is 9.48. The molecule has 2 aromatic rings. The smallest absolute Gasteiger partial charge is 0.228 e. The average Bonchev–Trinajstić information content (AvgIpc) is 3.19. The lowest BCUT2D eigenvalue weighted by Gasteiger charge is -2.46. The van der Waals surface area contributed by atoms with Crippen LogP contribution in [0.5, 0.6) is 0 Å². The van der Waals surface area contributed by atoms with Gasteiger partial charge in [-0.05, 0) is 49.6 Å². The minimum Gasteiger partial charge on any atom is -0.379 e. The van der Waals surface area contributed by atoms with Gasteiger partial charge in [0.15, 0.2) is 0 Å². The Labute approximate surface area is 194 Å². The first kappa shape index (κ1) is 21.9. The molecule has 0 bridgehead atoms. The molecule has 0 spiro atoms. The van der Waals surface area contributed by atoms with Gasteiger partial charge in [-0.2, -0.15) is 5.26 Å². The Bertz CT molecular complexity index is 1080. The predicted molar refractivity (Wildman–Crippen MR) is 126 cm³/mol. The largest absolute Gasteiger partial charge is 0.379 e. The van der Waals surface area contributed by atoms with Gasteiger partial charge >= 0.3 is 0 Å². The number of hydrogen-bond donors (Lipinski definition) is 3. The number of carbonyl (C=O) groups is 1. The number of amides is 1. The Morgan fingerprint density at radius 1 is 1.36 bits per heavy atom. The molecule has 3 aliphatic heterocycles. The number of benzene rings is 1. The monoisotopic (exact) mass is 449 g/mol. The molecule has 4 heterocycles. The highest BCUT2D eigenvalue weighted by molar-refractivity contribution is 5.85. The molecule has 3 saturated heterocycles. The van der Waals surface area contributed by atoms with E-state index in [4.69, 9.17) is 9.72 Å². The third-order valence-corrected chi connectivity index (χ3v) is 7.10. The molecular formula is C24H31N7O2. The van der Waals surface area contributed by atoms with E-state index in [9.17, 15) is 10.1 Å². The van der Waals surface area contributed by atoms with Crippen molar-refractivity contribution in [2.75, 3.05) is 44.1 Å². The van der Waals surface area contributed by atoms with Gasteiger partial charge < -0.3 is 20.3 Å². The topological polar surface area (TPSA) is 106 Å². The normalized spacial score (nSPS) is 29.8. The van der Waals surface area contributed by atoms with E-state index in [1.54, 1.807) is 0 Å². The van der Waals surface area contributed by atoms with Crippen molar-refractivity contribution >= 4 is 28.3 Å². The lowest BCUT2D eigenvalue weighted by molar-refractivity contribution is -0.130. The molecule has 9 nitrogen and oxygen atoms in total. The highest BCUT2D eigenvalue weighted by atomic mass is 16.5. The van der Waals surface area contributed by atoms with Crippen molar-refractivity contribution in [3.05, 3.63) is 30.3 Å². The average molecular weight is 450 g/mol. The van der Waals surface area contributed by atoms with Gasteiger partial charge in [-0.25, -0.2) is 15.4 Å². The molecule has 3 N–H and O–H groups in total. The number of aromatic nitrogens is 1. The lowest BCUT2D eigenvalue weighted by Crippen LogP contribution is -2.61. The summed E-state index contributed by atoms with van der Waals surface area (Å²) >= 11 is 0. The summed E-state index contributed by atoms with van der Waals surface area (Å²) in [5.74, 6) is 0.692. The Kier molecular flexibility index (Phi) is 5.83. The van der Waals surface area contributed by atoms with E-state index in [1.807, 2.05) is 37.2 Å². The minimum absolute atomic E-state index is 0.0103. The number of anilines is 2. The van der Waals surface area contributed by atoms with E-state index < -0.39 is 5.54 Å². The fraction of sp³-hybridized carbons (Fsp3) is 0.542. The quantitative estimate of drug-likeness (QED) is 0.635. The van der Waals surface area contributed by atoms with Crippen LogP contribution in [-0.4, -0.2) is 67.5 Å². The number of fused-ring (bicyclic) bond motifs is 2. The van der Waals surface area contributed by atoms with Gasteiger partial charge in [-0.15, -0.1) is 0 Å². The second-order valence-electron chi connectivity index (χ2n) is 9.48. The number of rotatable bonds is 5. The van der Waals surface area contributed by atoms with Crippen LogP contribution >= 0.6 is 0 Å². The fourth-order valence-corrected chi connectivity index (χ4v) is 5.45. The van der Waals surface area contributed by atoms with Gasteiger partial charge in [0.2, 0.25) is 5.91 Å². The predicted octanol–water partition coefficient (Wildman–Crippen LogP) is 1.83. The van der Waals surface area contributed by atoms with Crippen LogP contribution in [-0.2, 0) is 9.53 Å². The molecule has 174 valence electrons. The molecule has 0 saturated carbocycles. The molecule has 3 aliphatic rings. The van der Waals surface area contributed by atoms with Crippen molar-refractivity contribution in [1.29, 1.82) is 5.26 Å². The highest BCUT2D eigenvalue weighted by Crippen LogP contribution is 2.39. The number of piperidine rings is 1. The zero-order chi connectivity index (χ0) is 23.0. The van der Waals surface area contributed by atoms with E-state index in [-0.39, 0.29) is 24.0 Å². The number of carbonyl (C=O) groups excluding carboxylic acids is 1. The first-order valence-corrected chi connectivity index (χ1v) is 11.6. The van der Waals surface area contributed by atoms with Crippen molar-refractivity contribution in [2.45, 2.75) is 43.4 Å². The van der Waals surface area contributed by atoms with Gasteiger partial charge in [0.05, 0.1) is 36.1 Å². The first-order valence-electron chi connectivity index (χ1n) is 11.6. The summed E-state index contributed by atoms with van der Waals surface area (Å²) in [5, 5.41) is 19.4. The lowest BCUT2D eigenvalue weighted by atomic mass is 9.84. The van der Waals surface area contributed by atoms with Crippen LogP contribution in [0, 0.1) is 17.2 Å². The summed E-state index contributed by atoms with van der Waals surface area (Å²) in [4.78, 5) is 19.6. The summed E-state index contributed by atoms with van der Waals surface area (Å²) in [6, 6.07) is 12.5. The Morgan fingerprint density at radius 3 is 3.00 bits per heavy atom. The molecule has 5 rings (SSSR count). The maximum Gasteiger partial charge on any atom is 0.228 e. The molecule has 1 aromatic heterocycles. The Hall–Kier alpha value is -2.93. The van der Waals surface area contributed by atoms with Crippen LogP contribution in [0.1, 0.15) is 25.7 Å². The van der Waals surface area contributed by atoms with Crippen molar-refractivity contribution in [3.63, 3.8) is 0 Å². The molecule has 1 amide bonds. The first-order chi connectivity index (χ1) is 16.0. The second kappa shape index (κ2) is 8.78. The van der Waals surface area contributed by atoms with Gasteiger partial charge in [-0.3, -0.25) is 4.79 Å². The number of nitriles is 1. The van der Waals surface area contributed by atoms with Crippen molar-refractivity contribution < 1.29 is 9.53 Å². The van der Waals surface area contributed by atoms with E-state index in [0.29, 0.717) is 19.6 Å². The van der Waals surface area contributed by atoms with E-state index >= 15 is 0 Å². The molecule has 1 aromatic carbocycles. The van der Waals surface area contributed by atoms with Gasteiger partial charge in [0.1, 0.15) is 12.0 Å². The van der Waals surface area contributed by atoms with Gasteiger partial charge in [-0.1, -0.05) is 0 Å². The summed E-state index contributed by atoms with van der Waals surface area (Å²) in [7, 11) is 3.95. The molecule has 9 heteroatoms. The van der Waals surface area contributed by atoms with Crippen molar-refractivity contribution in [3.8, 4) is 6.07 Å². The molecule has 3 fully saturated rings. The zero-order valence-corrected chi connectivity index (χ0v) is 19.2. The molecule has 4 atom stereocenters. The molecule has 33 heavy (non-hydrogen) atoms. The SMILES string of the molecule is CN(C)c1ccc2cc(NC3NN([C@]4(CC#N)CCCOC4)C4CCNC(=O)C34)ccc2n1. The minimum atomic E-state index is -0.417. The number of nitrogens with one attached hydrogen (secondary N) is 3. The van der Waals surface area contributed by atoms with Crippen LogP contribution in [0.4, 0.5) is 11.5 Å².